The summed E-state index contributed by atoms with van der Waals surface area (Å²) in [5.41, 5.74) is -1.12. The van der Waals surface area contributed by atoms with Crippen LogP contribution in [-0.2, 0) is 9.59 Å². The van der Waals surface area contributed by atoms with Crippen LogP contribution in [0.3, 0.4) is 0 Å². The number of aliphatic carboxylic acids is 1. The van der Waals surface area contributed by atoms with Crippen LogP contribution in [0.2, 0.25) is 0 Å². The van der Waals surface area contributed by atoms with Gasteiger partial charge in [-0.3, -0.25) is 9.59 Å². The number of nitrogens with zero attached hydrogens (tertiary/aromatic N) is 1. The maximum atomic E-state index is 12.2. The van der Waals surface area contributed by atoms with Crippen LogP contribution in [-0.4, -0.2) is 47.6 Å². The molecule has 2 rings (SSSR count). The summed E-state index contributed by atoms with van der Waals surface area (Å²) in [5, 5.41) is 12.2. The highest BCUT2D eigenvalue weighted by atomic mass is 16.4. The van der Waals surface area contributed by atoms with E-state index in [4.69, 9.17) is 0 Å². The molecule has 2 aliphatic rings. The minimum Gasteiger partial charge on any atom is -0.480 e. The van der Waals surface area contributed by atoms with Crippen LogP contribution in [0.4, 0.5) is 0 Å². The molecule has 1 amide bonds. The minimum atomic E-state index is -1.12. The highest BCUT2D eigenvalue weighted by Crippen LogP contribution is 2.41. The molecule has 19 heavy (non-hydrogen) atoms. The van der Waals surface area contributed by atoms with Gasteiger partial charge in [-0.05, 0) is 38.6 Å². The van der Waals surface area contributed by atoms with Crippen molar-refractivity contribution >= 4 is 11.9 Å². The Balaban J connectivity index is 1.82. The van der Waals surface area contributed by atoms with E-state index >= 15 is 0 Å². The summed E-state index contributed by atoms with van der Waals surface area (Å²) >= 11 is 0. The highest BCUT2D eigenvalue weighted by Gasteiger charge is 2.51. The molecule has 1 saturated carbocycles. The lowest BCUT2D eigenvalue weighted by Crippen LogP contribution is -2.55. The second kappa shape index (κ2) is 5.90. The molecule has 108 valence electrons. The number of nitrogens with one attached hydrogen (secondary N) is 1. The lowest BCUT2D eigenvalue weighted by Gasteiger charge is -2.39. The Morgan fingerprint density at radius 2 is 1.95 bits per heavy atom. The third kappa shape index (κ3) is 2.91. The number of amides is 1. The molecule has 1 saturated heterocycles. The van der Waals surface area contributed by atoms with Crippen LogP contribution >= 0.6 is 0 Å². The number of carboxylic acid groups (broad SMARTS) is 1. The second-order valence-electron chi connectivity index (χ2n) is 5.83. The van der Waals surface area contributed by atoms with E-state index in [1.165, 1.54) is 0 Å². The van der Waals surface area contributed by atoms with Crippen molar-refractivity contribution in [2.75, 3.05) is 19.6 Å². The number of carbonyl (C=O) groups excluding carboxylic acids is 1. The largest absolute Gasteiger partial charge is 0.480 e. The van der Waals surface area contributed by atoms with Crippen molar-refractivity contribution in [2.24, 2.45) is 5.41 Å². The Morgan fingerprint density at radius 1 is 1.32 bits per heavy atom. The third-order valence-corrected chi connectivity index (χ3v) is 4.51. The first-order valence-corrected chi connectivity index (χ1v) is 7.35. The first-order valence-electron chi connectivity index (χ1n) is 7.35. The average molecular weight is 268 g/mol. The van der Waals surface area contributed by atoms with E-state index in [0.717, 1.165) is 45.3 Å². The summed E-state index contributed by atoms with van der Waals surface area (Å²) in [5.74, 6) is -1.22. The Kier molecular flexibility index (Phi) is 4.45. The topological polar surface area (TPSA) is 69.6 Å². The molecule has 1 heterocycles. The number of carboxylic acids is 1. The molecule has 0 radical (unpaired) electrons. The van der Waals surface area contributed by atoms with Crippen molar-refractivity contribution in [2.45, 2.75) is 51.5 Å². The van der Waals surface area contributed by atoms with Gasteiger partial charge in [-0.15, -0.1) is 0 Å². The molecule has 5 heteroatoms. The van der Waals surface area contributed by atoms with Crippen LogP contribution in [0.15, 0.2) is 0 Å². The van der Waals surface area contributed by atoms with E-state index in [0.29, 0.717) is 12.8 Å². The number of piperidine rings is 1. The zero-order valence-electron chi connectivity index (χ0n) is 11.7. The zero-order chi connectivity index (χ0) is 13.9. The Bertz CT molecular complexity index is 345. The van der Waals surface area contributed by atoms with Crippen LogP contribution in [0.1, 0.15) is 45.4 Å². The number of likely N-dealkylation sites (tertiary alicyclic amines) is 1. The molecular weight excluding hydrogens is 244 g/mol. The SMILES string of the molecule is CCCN1CCC(NC(=O)C2(C(=O)O)CCC2)CC1. The summed E-state index contributed by atoms with van der Waals surface area (Å²) in [7, 11) is 0. The van der Waals surface area contributed by atoms with Gasteiger partial charge in [0.15, 0.2) is 0 Å². The summed E-state index contributed by atoms with van der Waals surface area (Å²) in [6.45, 7) is 5.28. The molecule has 1 aliphatic carbocycles. The lowest BCUT2D eigenvalue weighted by molar-refractivity contribution is -0.162. The van der Waals surface area contributed by atoms with Gasteiger partial charge in [-0.25, -0.2) is 0 Å². The second-order valence-corrected chi connectivity index (χ2v) is 5.83. The molecule has 0 aromatic carbocycles. The van der Waals surface area contributed by atoms with Gasteiger partial charge in [0, 0.05) is 19.1 Å². The molecule has 1 aliphatic heterocycles. The van der Waals surface area contributed by atoms with Crippen molar-refractivity contribution in [3.05, 3.63) is 0 Å². The van der Waals surface area contributed by atoms with Crippen molar-refractivity contribution in [1.82, 2.24) is 10.2 Å². The van der Waals surface area contributed by atoms with Crippen LogP contribution in [0, 0.1) is 5.41 Å². The highest BCUT2D eigenvalue weighted by molar-refractivity contribution is 6.02. The van der Waals surface area contributed by atoms with Crippen molar-refractivity contribution in [1.29, 1.82) is 0 Å². The summed E-state index contributed by atoms with van der Waals surface area (Å²) < 4.78 is 0. The Morgan fingerprint density at radius 3 is 2.37 bits per heavy atom. The monoisotopic (exact) mass is 268 g/mol. The molecule has 0 aromatic rings. The normalized spacial score (nSPS) is 23.6. The van der Waals surface area contributed by atoms with E-state index in [2.05, 4.69) is 17.1 Å². The summed E-state index contributed by atoms with van der Waals surface area (Å²) in [6, 6.07) is 0.150. The summed E-state index contributed by atoms with van der Waals surface area (Å²) in [4.78, 5) is 25.8. The zero-order valence-corrected chi connectivity index (χ0v) is 11.7. The van der Waals surface area contributed by atoms with Gasteiger partial charge in [-0.2, -0.15) is 0 Å². The maximum absolute atomic E-state index is 12.2. The molecule has 5 nitrogen and oxygen atoms in total. The number of rotatable bonds is 5. The maximum Gasteiger partial charge on any atom is 0.319 e. The van der Waals surface area contributed by atoms with Gasteiger partial charge in [0.05, 0.1) is 0 Å². The minimum absolute atomic E-state index is 0.150. The number of carbonyl (C=O) groups is 2. The van der Waals surface area contributed by atoms with Gasteiger partial charge < -0.3 is 15.3 Å². The van der Waals surface area contributed by atoms with Crippen molar-refractivity contribution in [3.63, 3.8) is 0 Å². The predicted octanol–water partition coefficient (Wildman–Crippen LogP) is 1.23. The van der Waals surface area contributed by atoms with E-state index in [9.17, 15) is 14.7 Å². The molecule has 0 bridgehead atoms. The van der Waals surface area contributed by atoms with Gasteiger partial charge in [0.25, 0.3) is 0 Å². The Hall–Kier alpha value is -1.10. The first-order chi connectivity index (χ1) is 9.08. The molecule has 0 unspecified atom stereocenters. The van der Waals surface area contributed by atoms with Gasteiger partial charge in [-0.1, -0.05) is 13.3 Å². The van der Waals surface area contributed by atoms with Crippen LogP contribution < -0.4 is 5.32 Å². The predicted molar refractivity (Wildman–Crippen MR) is 71.8 cm³/mol. The van der Waals surface area contributed by atoms with E-state index < -0.39 is 11.4 Å². The van der Waals surface area contributed by atoms with E-state index in [1.807, 2.05) is 0 Å². The average Bonchev–Trinajstić information content (AvgIpc) is 2.30. The molecular formula is C14H24N2O3. The van der Waals surface area contributed by atoms with E-state index in [1.54, 1.807) is 0 Å². The van der Waals surface area contributed by atoms with Crippen molar-refractivity contribution in [3.8, 4) is 0 Å². The third-order valence-electron chi connectivity index (χ3n) is 4.51. The van der Waals surface area contributed by atoms with Gasteiger partial charge >= 0.3 is 5.97 Å². The summed E-state index contributed by atoms with van der Waals surface area (Å²) in [6.07, 6.45) is 4.84. The molecule has 0 atom stereocenters. The van der Waals surface area contributed by atoms with E-state index in [-0.39, 0.29) is 11.9 Å². The fourth-order valence-corrected chi connectivity index (χ4v) is 3.01. The van der Waals surface area contributed by atoms with Crippen molar-refractivity contribution < 1.29 is 14.7 Å². The standard InChI is InChI=1S/C14H24N2O3/c1-2-8-16-9-4-11(5-10-16)15-12(17)14(13(18)19)6-3-7-14/h11H,2-10H2,1H3,(H,15,17)(H,18,19). The molecule has 0 spiro atoms. The molecule has 0 aromatic heterocycles. The van der Waals surface area contributed by atoms with Gasteiger partial charge in [0.2, 0.25) is 5.91 Å². The fraction of sp³-hybridized carbons (Fsp3) is 0.857. The number of hydrogen-bond donors (Lipinski definition) is 2. The van der Waals surface area contributed by atoms with Crippen LogP contribution in [0.5, 0.6) is 0 Å². The fourth-order valence-electron chi connectivity index (χ4n) is 3.01. The molecule has 2 N–H and O–H groups in total. The quantitative estimate of drug-likeness (QED) is 0.736. The van der Waals surface area contributed by atoms with Crippen LogP contribution in [0.25, 0.3) is 0 Å². The number of hydrogen-bond acceptors (Lipinski definition) is 3. The lowest BCUT2D eigenvalue weighted by atomic mass is 9.68. The first kappa shape index (κ1) is 14.3. The van der Waals surface area contributed by atoms with Gasteiger partial charge in [0.1, 0.15) is 5.41 Å². The smallest absolute Gasteiger partial charge is 0.319 e. The molecule has 2 fully saturated rings. The Labute approximate surface area is 114 Å².